The van der Waals surface area contributed by atoms with Crippen molar-refractivity contribution in [1.29, 1.82) is 0 Å². The lowest BCUT2D eigenvalue weighted by atomic mass is 10.2. The Balaban J connectivity index is 2.07. The molecule has 0 radical (unpaired) electrons. The van der Waals surface area contributed by atoms with Crippen LogP contribution in [0.5, 0.6) is 0 Å². The van der Waals surface area contributed by atoms with Crippen LogP contribution < -0.4 is 5.32 Å². The molecule has 1 aromatic carbocycles. The average Bonchev–Trinajstić information content (AvgIpc) is 2.82. The van der Waals surface area contributed by atoms with E-state index in [1.807, 2.05) is 0 Å². The molecule has 0 aliphatic rings. The molecule has 0 atom stereocenters. The van der Waals surface area contributed by atoms with E-state index in [0.717, 1.165) is 0 Å². The van der Waals surface area contributed by atoms with Crippen molar-refractivity contribution < 1.29 is 19.1 Å². The highest BCUT2D eigenvalue weighted by Gasteiger charge is 2.12. The lowest BCUT2D eigenvalue weighted by Crippen LogP contribution is -2.20. The number of nitrogens with zero attached hydrogens (tertiary/aromatic N) is 1. The van der Waals surface area contributed by atoms with Gasteiger partial charge < -0.3 is 15.0 Å². The molecular weight excluding hydrogens is 263 g/mol. The average molecular weight is 276 g/mol. The van der Waals surface area contributed by atoms with Crippen molar-refractivity contribution in [2.24, 2.45) is 0 Å². The van der Waals surface area contributed by atoms with Crippen LogP contribution in [0.3, 0.4) is 0 Å². The van der Waals surface area contributed by atoms with Gasteiger partial charge in [-0.15, -0.1) is 0 Å². The molecule has 0 spiro atoms. The molecule has 5 nitrogen and oxygen atoms in total. The smallest absolute Gasteiger partial charge is 0.352 e. The SMILES string of the molecule is Cc1ccc(NC(=O)Cn2cccc2C(=O)O)cc1F. The Hall–Kier alpha value is -2.63. The number of anilines is 1. The third-order valence-corrected chi connectivity index (χ3v) is 2.82. The summed E-state index contributed by atoms with van der Waals surface area (Å²) in [6.07, 6.45) is 1.50. The van der Waals surface area contributed by atoms with Gasteiger partial charge >= 0.3 is 5.97 Å². The summed E-state index contributed by atoms with van der Waals surface area (Å²) in [5, 5.41) is 11.4. The molecule has 2 N–H and O–H groups in total. The number of amides is 1. The van der Waals surface area contributed by atoms with Gasteiger partial charge in [-0.1, -0.05) is 6.07 Å². The normalized spacial score (nSPS) is 10.3. The Morgan fingerprint density at radius 2 is 2.10 bits per heavy atom. The molecule has 2 rings (SSSR count). The predicted octanol–water partition coefficient (Wildman–Crippen LogP) is 2.27. The fourth-order valence-corrected chi connectivity index (χ4v) is 1.77. The number of rotatable bonds is 4. The van der Waals surface area contributed by atoms with Crippen LogP contribution >= 0.6 is 0 Å². The molecule has 0 aliphatic heterocycles. The highest BCUT2D eigenvalue weighted by molar-refractivity contribution is 5.92. The van der Waals surface area contributed by atoms with Gasteiger partial charge in [0.1, 0.15) is 18.1 Å². The summed E-state index contributed by atoms with van der Waals surface area (Å²) >= 11 is 0. The number of carboxylic acids is 1. The van der Waals surface area contributed by atoms with E-state index in [1.165, 1.54) is 22.9 Å². The van der Waals surface area contributed by atoms with Crippen molar-refractivity contribution in [1.82, 2.24) is 4.57 Å². The van der Waals surface area contributed by atoms with Crippen LogP contribution in [0.4, 0.5) is 10.1 Å². The van der Waals surface area contributed by atoms with E-state index in [1.54, 1.807) is 25.1 Å². The Morgan fingerprint density at radius 3 is 2.75 bits per heavy atom. The fraction of sp³-hybridized carbons (Fsp3) is 0.143. The van der Waals surface area contributed by atoms with Gasteiger partial charge in [0.2, 0.25) is 5.91 Å². The topological polar surface area (TPSA) is 71.3 Å². The zero-order chi connectivity index (χ0) is 14.7. The maximum atomic E-state index is 13.3. The van der Waals surface area contributed by atoms with Crippen molar-refractivity contribution >= 4 is 17.6 Å². The standard InChI is InChI=1S/C14H13FN2O3/c1-9-4-5-10(7-11(9)15)16-13(18)8-17-6-2-3-12(17)14(19)20/h2-7H,8H2,1H3,(H,16,18)(H,19,20). The number of hydrogen-bond donors (Lipinski definition) is 2. The first-order valence-electron chi connectivity index (χ1n) is 5.92. The van der Waals surface area contributed by atoms with Gasteiger partial charge in [-0.2, -0.15) is 0 Å². The first-order valence-corrected chi connectivity index (χ1v) is 5.92. The van der Waals surface area contributed by atoms with Crippen LogP contribution in [0.15, 0.2) is 36.5 Å². The van der Waals surface area contributed by atoms with Crippen molar-refractivity contribution in [3.8, 4) is 0 Å². The molecule has 104 valence electrons. The molecule has 0 saturated carbocycles. The van der Waals surface area contributed by atoms with Crippen molar-refractivity contribution in [2.75, 3.05) is 5.32 Å². The second-order valence-corrected chi connectivity index (χ2v) is 4.34. The van der Waals surface area contributed by atoms with Gasteiger partial charge in [0, 0.05) is 11.9 Å². The lowest BCUT2D eigenvalue weighted by Gasteiger charge is -2.08. The molecule has 0 unspecified atom stereocenters. The van der Waals surface area contributed by atoms with E-state index in [2.05, 4.69) is 5.32 Å². The number of aromatic nitrogens is 1. The van der Waals surface area contributed by atoms with Crippen LogP contribution in [-0.4, -0.2) is 21.6 Å². The zero-order valence-corrected chi connectivity index (χ0v) is 10.8. The zero-order valence-electron chi connectivity index (χ0n) is 10.8. The second-order valence-electron chi connectivity index (χ2n) is 4.34. The molecule has 0 fully saturated rings. The summed E-state index contributed by atoms with van der Waals surface area (Å²) in [6.45, 7) is 1.48. The minimum Gasteiger partial charge on any atom is -0.477 e. The molecule has 0 aliphatic carbocycles. The molecule has 1 amide bonds. The Bertz CT molecular complexity index is 664. The number of aryl methyl sites for hydroxylation is 1. The van der Waals surface area contributed by atoms with E-state index in [4.69, 9.17) is 5.11 Å². The van der Waals surface area contributed by atoms with Crippen LogP contribution in [0, 0.1) is 12.7 Å². The Kier molecular flexibility index (Phi) is 3.84. The van der Waals surface area contributed by atoms with E-state index < -0.39 is 17.7 Å². The van der Waals surface area contributed by atoms with Gasteiger partial charge in [-0.3, -0.25) is 4.79 Å². The fourth-order valence-electron chi connectivity index (χ4n) is 1.77. The van der Waals surface area contributed by atoms with Gasteiger partial charge in [-0.05, 0) is 36.8 Å². The minimum atomic E-state index is -1.11. The third kappa shape index (κ3) is 3.03. The quantitative estimate of drug-likeness (QED) is 0.899. The van der Waals surface area contributed by atoms with Gasteiger partial charge in [0.15, 0.2) is 0 Å². The van der Waals surface area contributed by atoms with E-state index in [9.17, 15) is 14.0 Å². The van der Waals surface area contributed by atoms with E-state index >= 15 is 0 Å². The monoisotopic (exact) mass is 276 g/mol. The summed E-state index contributed by atoms with van der Waals surface area (Å²) in [4.78, 5) is 22.7. The van der Waals surface area contributed by atoms with E-state index in [-0.39, 0.29) is 12.2 Å². The molecule has 1 heterocycles. The Labute approximate surface area is 114 Å². The predicted molar refractivity (Wildman–Crippen MR) is 71.2 cm³/mol. The number of aromatic carboxylic acids is 1. The summed E-state index contributed by atoms with van der Waals surface area (Å²) in [6, 6.07) is 7.32. The van der Waals surface area contributed by atoms with Crippen LogP contribution in [-0.2, 0) is 11.3 Å². The highest BCUT2D eigenvalue weighted by atomic mass is 19.1. The maximum Gasteiger partial charge on any atom is 0.352 e. The van der Waals surface area contributed by atoms with Gasteiger partial charge in [-0.25, -0.2) is 9.18 Å². The summed E-state index contributed by atoms with van der Waals surface area (Å²) in [5.74, 6) is -1.94. The van der Waals surface area contributed by atoms with Crippen molar-refractivity contribution in [3.05, 3.63) is 53.6 Å². The summed E-state index contributed by atoms with van der Waals surface area (Å²) < 4.78 is 14.7. The first-order chi connectivity index (χ1) is 9.47. The highest BCUT2D eigenvalue weighted by Crippen LogP contribution is 2.13. The number of hydrogen-bond acceptors (Lipinski definition) is 2. The number of halogens is 1. The van der Waals surface area contributed by atoms with Crippen LogP contribution in [0.25, 0.3) is 0 Å². The molecule has 1 aromatic heterocycles. The number of carboxylic acid groups (broad SMARTS) is 1. The molecule has 0 bridgehead atoms. The molecule has 6 heteroatoms. The maximum absolute atomic E-state index is 13.3. The number of carbonyl (C=O) groups is 2. The van der Waals surface area contributed by atoms with Crippen molar-refractivity contribution in [3.63, 3.8) is 0 Å². The Morgan fingerprint density at radius 1 is 1.35 bits per heavy atom. The number of benzene rings is 1. The van der Waals surface area contributed by atoms with Gasteiger partial charge in [0.05, 0.1) is 0 Å². The summed E-state index contributed by atoms with van der Waals surface area (Å²) in [5.41, 5.74) is 0.846. The molecule has 0 saturated heterocycles. The third-order valence-electron chi connectivity index (χ3n) is 2.82. The molecular formula is C14H13FN2O3. The van der Waals surface area contributed by atoms with Crippen molar-refractivity contribution in [2.45, 2.75) is 13.5 Å². The lowest BCUT2D eigenvalue weighted by molar-refractivity contribution is -0.116. The van der Waals surface area contributed by atoms with Gasteiger partial charge in [0.25, 0.3) is 0 Å². The number of carbonyl (C=O) groups excluding carboxylic acids is 1. The van der Waals surface area contributed by atoms with Crippen LogP contribution in [0.2, 0.25) is 0 Å². The molecule has 2 aromatic rings. The largest absolute Gasteiger partial charge is 0.477 e. The van der Waals surface area contributed by atoms with E-state index in [0.29, 0.717) is 11.3 Å². The first kappa shape index (κ1) is 13.8. The second kappa shape index (κ2) is 5.56. The van der Waals surface area contributed by atoms with Crippen LogP contribution in [0.1, 0.15) is 16.1 Å². The minimum absolute atomic E-state index is 0.0234. The molecule has 20 heavy (non-hydrogen) atoms. The number of nitrogens with one attached hydrogen (secondary N) is 1. The summed E-state index contributed by atoms with van der Waals surface area (Å²) in [7, 11) is 0.